The van der Waals surface area contributed by atoms with Crippen molar-refractivity contribution in [3.63, 3.8) is 0 Å². The Morgan fingerprint density at radius 1 is 1.32 bits per heavy atom. The van der Waals surface area contributed by atoms with E-state index in [0.29, 0.717) is 23.8 Å². The predicted molar refractivity (Wildman–Crippen MR) is 119 cm³/mol. The van der Waals surface area contributed by atoms with Crippen LogP contribution < -0.4 is 15.4 Å². The molecule has 2 rings (SSSR count). The lowest BCUT2D eigenvalue weighted by Crippen LogP contribution is -2.46. The van der Waals surface area contributed by atoms with Gasteiger partial charge in [-0.05, 0) is 49.8 Å². The van der Waals surface area contributed by atoms with Crippen molar-refractivity contribution in [1.82, 2.24) is 10.6 Å². The lowest BCUT2D eigenvalue weighted by atomic mass is 9.95. The Kier molecular flexibility index (Phi) is 9.82. The normalized spacial score (nSPS) is 21.4. The van der Waals surface area contributed by atoms with E-state index in [-0.39, 0.29) is 0 Å². The molecule has 6 heteroatoms. The molecule has 1 aliphatic carbocycles. The van der Waals surface area contributed by atoms with Crippen LogP contribution in [0, 0.1) is 5.92 Å². The molecular weight excluding hydrogens is 370 g/mol. The quantitative estimate of drug-likeness (QED) is 0.482. The molecule has 1 aromatic carbocycles. The smallest absolute Gasteiger partial charge is 0.191 e. The molecule has 0 saturated heterocycles. The first-order valence-electron chi connectivity index (χ1n) is 10.7. The first kappa shape index (κ1) is 22.7. The number of nitrogens with one attached hydrogen (secondary N) is 2. The van der Waals surface area contributed by atoms with Crippen LogP contribution in [0.25, 0.3) is 0 Å². The van der Waals surface area contributed by atoms with Crippen molar-refractivity contribution >= 4 is 16.8 Å². The van der Waals surface area contributed by atoms with E-state index < -0.39 is 10.8 Å². The molecule has 0 heterocycles. The highest BCUT2D eigenvalue weighted by Crippen LogP contribution is 2.23. The number of nitrogens with zero attached hydrogens (tertiary/aromatic N) is 1. The molecule has 1 aliphatic rings. The van der Waals surface area contributed by atoms with Gasteiger partial charge in [0, 0.05) is 34.4 Å². The number of guanidine groups is 1. The van der Waals surface area contributed by atoms with Gasteiger partial charge in [-0.3, -0.25) is 4.21 Å². The average Bonchev–Trinajstić information content (AvgIpc) is 2.70. The topological polar surface area (TPSA) is 62.7 Å². The number of rotatable bonds is 9. The summed E-state index contributed by atoms with van der Waals surface area (Å²) in [7, 11) is -0.709. The molecule has 0 bridgehead atoms. The number of hydrogen-bond acceptors (Lipinski definition) is 3. The molecular formula is C22H37N3O2S. The summed E-state index contributed by atoms with van der Waals surface area (Å²) in [6, 6.07) is 8.50. The third kappa shape index (κ3) is 7.82. The number of benzene rings is 1. The van der Waals surface area contributed by atoms with Gasteiger partial charge in [0.05, 0.1) is 13.2 Å². The first-order valence-corrected chi connectivity index (χ1v) is 12.0. The van der Waals surface area contributed by atoms with Crippen molar-refractivity contribution in [2.45, 2.75) is 71.2 Å². The first-order chi connectivity index (χ1) is 13.5. The summed E-state index contributed by atoms with van der Waals surface area (Å²) in [6.07, 6.45) is 4.28. The van der Waals surface area contributed by atoms with Crippen LogP contribution in [-0.2, 0) is 17.3 Å². The molecule has 1 saturated carbocycles. The summed E-state index contributed by atoms with van der Waals surface area (Å²) in [6.45, 7) is 10.5. The average molecular weight is 408 g/mol. The molecule has 0 amide bonds. The van der Waals surface area contributed by atoms with Gasteiger partial charge in [0.15, 0.2) is 5.96 Å². The van der Waals surface area contributed by atoms with Gasteiger partial charge in [0.25, 0.3) is 0 Å². The Hall–Kier alpha value is -1.56. The van der Waals surface area contributed by atoms with Crippen LogP contribution in [0.4, 0.5) is 0 Å². The van der Waals surface area contributed by atoms with E-state index in [1.54, 1.807) is 0 Å². The molecule has 0 radical (unpaired) electrons. The number of ether oxygens (including phenoxy) is 1. The lowest BCUT2D eigenvalue weighted by Gasteiger charge is -2.30. The highest BCUT2D eigenvalue weighted by molar-refractivity contribution is 7.85. The Morgan fingerprint density at radius 2 is 2.14 bits per heavy atom. The van der Waals surface area contributed by atoms with Gasteiger partial charge < -0.3 is 15.4 Å². The molecule has 0 aromatic heterocycles. The third-order valence-electron chi connectivity index (χ3n) is 4.87. The molecule has 2 N–H and O–H groups in total. The van der Waals surface area contributed by atoms with Crippen LogP contribution in [0.5, 0.6) is 5.75 Å². The van der Waals surface area contributed by atoms with Crippen molar-refractivity contribution in [3.05, 3.63) is 29.8 Å². The highest BCUT2D eigenvalue weighted by Gasteiger charge is 2.26. The summed E-state index contributed by atoms with van der Waals surface area (Å²) in [4.78, 5) is 4.77. The van der Waals surface area contributed by atoms with Gasteiger partial charge in [-0.25, -0.2) is 4.99 Å². The van der Waals surface area contributed by atoms with Gasteiger partial charge in [-0.15, -0.1) is 0 Å². The van der Waals surface area contributed by atoms with E-state index >= 15 is 0 Å². The van der Waals surface area contributed by atoms with Gasteiger partial charge in [0.1, 0.15) is 5.75 Å². The zero-order valence-corrected chi connectivity index (χ0v) is 18.7. The maximum absolute atomic E-state index is 12.2. The highest BCUT2D eigenvalue weighted by atomic mass is 32.2. The second-order valence-corrected chi connectivity index (χ2v) is 9.85. The predicted octanol–water partition coefficient (Wildman–Crippen LogP) is 3.86. The fraction of sp³-hybridized carbons (Fsp3) is 0.682. The molecule has 3 atom stereocenters. The van der Waals surface area contributed by atoms with Gasteiger partial charge >= 0.3 is 0 Å². The lowest BCUT2D eigenvalue weighted by molar-refractivity contribution is 0.271. The van der Waals surface area contributed by atoms with Crippen LogP contribution in [0.2, 0.25) is 0 Å². The fourth-order valence-electron chi connectivity index (χ4n) is 3.43. The Balaban J connectivity index is 1.96. The van der Waals surface area contributed by atoms with E-state index in [4.69, 9.17) is 9.73 Å². The molecule has 1 fully saturated rings. The van der Waals surface area contributed by atoms with Crippen LogP contribution in [0.1, 0.15) is 58.9 Å². The molecule has 0 spiro atoms. The number of hydrogen-bond donors (Lipinski definition) is 2. The molecule has 158 valence electrons. The van der Waals surface area contributed by atoms with Gasteiger partial charge in [-0.1, -0.05) is 39.3 Å². The van der Waals surface area contributed by atoms with Crippen molar-refractivity contribution in [2.24, 2.45) is 10.9 Å². The van der Waals surface area contributed by atoms with Crippen LogP contribution in [-0.4, -0.2) is 40.4 Å². The Labute approximate surface area is 173 Å². The van der Waals surface area contributed by atoms with Gasteiger partial charge in [-0.2, -0.15) is 0 Å². The van der Waals surface area contributed by atoms with Crippen LogP contribution >= 0.6 is 0 Å². The second kappa shape index (κ2) is 12.1. The standard InChI is InChI=1S/C22H37N3O2S/c1-5-23-22(25-19-10-8-12-21(14-19)28(26)6-2)24-15-18-9-7-11-20(13-18)27-16-17(3)4/h7,9,11,13,17,19,21H,5-6,8,10,12,14-16H2,1-4H3,(H2,23,24,25). The Bertz CT molecular complexity index is 648. The van der Waals surface area contributed by atoms with Crippen LogP contribution in [0.15, 0.2) is 29.3 Å². The van der Waals surface area contributed by atoms with E-state index in [1.165, 1.54) is 0 Å². The zero-order chi connectivity index (χ0) is 20.4. The van der Waals surface area contributed by atoms with Crippen molar-refractivity contribution in [3.8, 4) is 5.75 Å². The van der Waals surface area contributed by atoms with Crippen LogP contribution in [0.3, 0.4) is 0 Å². The summed E-state index contributed by atoms with van der Waals surface area (Å²) < 4.78 is 18.0. The summed E-state index contributed by atoms with van der Waals surface area (Å²) >= 11 is 0. The van der Waals surface area contributed by atoms with Crippen molar-refractivity contribution in [1.29, 1.82) is 0 Å². The molecule has 5 nitrogen and oxygen atoms in total. The zero-order valence-electron chi connectivity index (χ0n) is 17.9. The summed E-state index contributed by atoms with van der Waals surface area (Å²) in [5, 5.41) is 7.22. The van der Waals surface area contributed by atoms with E-state index in [1.807, 2.05) is 19.1 Å². The van der Waals surface area contributed by atoms with E-state index in [9.17, 15) is 4.21 Å². The minimum absolute atomic E-state index is 0.314. The second-order valence-electron chi connectivity index (χ2n) is 7.85. The van der Waals surface area contributed by atoms with Crippen molar-refractivity contribution in [2.75, 3.05) is 18.9 Å². The monoisotopic (exact) mass is 407 g/mol. The largest absolute Gasteiger partial charge is 0.493 e. The van der Waals surface area contributed by atoms with Gasteiger partial charge in [0.2, 0.25) is 0 Å². The summed E-state index contributed by atoms with van der Waals surface area (Å²) in [5.41, 5.74) is 1.13. The minimum atomic E-state index is -0.709. The third-order valence-corrected chi connectivity index (χ3v) is 6.61. The summed E-state index contributed by atoms with van der Waals surface area (Å²) in [5.74, 6) is 2.99. The molecule has 1 aromatic rings. The molecule has 28 heavy (non-hydrogen) atoms. The maximum Gasteiger partial charge on any atom is 0.191 e. The number of aliphatic imine (C=N–C) groups is 1. The fourth-order valence-corrected chi connectivity index (χ4v) is 4.78. The SMILES string of the molecule is CCNC(=NCc1cccc(OCC(C)C)c1)NC1CCCC(S(=O)CC)C1. The van der Waals surface area contributed by atoms with E-state index in [0.717, 1.165) is 61.9 Å². The maximum atomic E-state index is 12.2. The molecule has 3 unspecified atom stereocenters. The minimum Gasteiger partial charge on any atom is -0.493 e. The molecule has 0 aliphatic heterocycles. The Morgan fingerprint density at radius 3 is 2.86 bits per heavy atom. The van der Waals surface area contributed by atoms with Crippen molar-refractivity contribution < 1.29 is 8.95 Å². The van der Waals surface area contributed by atoms with E-state index in [2.05, 4.69) is 43.5 Å².